The second kappa shape index (κ2) is 6.92. The Morgan fingerprint density at radius 3 is 2.55 bits per heavy atom. The summed E-state index contributed by atoms with van der Waals surface area (Å²) in [7, 11) is 3.56. The van der Waals surface area contributed by atoms with Gasteiger partial charge in [-0.3, -0.25) is 4.68 Å². The summed E-state index contributed by atoms with van der Waals surface area (Å²) in [4.78, 5) is 0. The van der Waals surface area contributed by atoms with Crippen molar-refractivity contribution < 1.29 is 9.84 Å². The maximum atomic E-state index is 10.5. The maximum absolute atomic E-state index is 10.5. The molecule has 0 saturated heterocycles. The Morgan fingerprint density at radius 2 is 2.05 bits per heavy atom. The monoisotopic (exact) mass is 300 g/mol. The van der Waals surface area contributed by atoms with E-state index in [4.69, 9.17) is 16.3 Å². The van der Waals surface area contributed by atoms with Gasteiger partial charge in [-0.1, -0.05) is 30.9 Å². The number of aliphatic hydroxyl groups is 1. The van der Waals surface area contributed by atoms with Crippen molar-refractivity contribution in [3.05, 3.63) is 16.4 Å². The first-order chi connectivity index (χ1) is 9.54. The van der Waals surface area contributed by atoms with Gasteiger partial charge in [0.2, 0.25) is 0 Å². The summed E-state index contributed by atoms with van der Waals surface area (Å²) in [6, 6.07) is 0. The number of aryl methyl sites for hydroxylation is 2. The van der Waals surface area contributed by atoms with Crippen LogP contribution in [0.3, 0.4) is 0 Å². The molecular weight excluding hydrogens is 276 g/mol. The van der Waals surface area contributed by atoms with Gasteiger partial charge in [0.15, 0.2) is 0 Å². The van der Waals surface area contributed by atoms with E-state index < -0.39 is 6.10 Å². The first-order valence-electron chi connectivity index (χ1n) is 7.43. The minimum Gasteiger partial charge on any atom is -0.390 e. The third-order valence-electron chi connectivity index (χ3n) is 4.43. The van der Waals surface area contributed by atoms with Crippen LogP contribution in [-0.2, 0) is 18.2 Å². The molecule has 114 valence electrons. The number of rotatable bonds is 5. The number of aliphatic hydroxyl groups excluding tert-OH is 1. The zero-order valence-corrected chi connectivity index (χ0v) is 13.4. The van der Waals surface area contributed by atoms with E-state index in [-0.39, 0.29) is 6.10 Å². The van der Waals surface area contributed by atoms with E-state index in [0.29, 0.717) is 17.4 Å². The van der Waals surface area contributed by atoms with Crippen LogP contribution in [0.1, 0.15) is 43.5 Å². The van der Waals surface area contributed by atoms with Crippen LogP contribution in [0.5, 0.6) is 0 Å². The Hall–Kier alpha value is -0.580. The number of methoxy groups -OCH3 is 1. The molecule has 0 aromatic carbocycles. The Bertz CT molecular complexity index is 441. The molecule has 0 aliphatic heterocycles. The van der Waals surface area contributed by atoms with Crippen molar-refractivity contribution in [3.8, 4) is 0 Å². The van der Waals surface area contributed by atoms with Crippen LogP contribution < -0.4 is 0 Å². The number of hydrogen-bond acceptors (Lipinski definition) is 3. The fraction of sp³-hybridized carbons (Fsp3) is 0.800. The number of halogens is 1. The van der Waals surface area contributed by atoms with Crippen molar-refractivity contribution >= 4 is 11.6 Å². The van der Waals surface area contributed by atoms with Crippen LogP contribution in [0.4, 0.5) is 0 Å². The van der Waals surface area contributed by atoms with Crippen molar-refractivity contribution in [2.24, 2.45) is 13.0 Å². The lowest BCUT2D eigenvalue weighted by atomic mass is 9.82. The summed E-state index contributed by atoms with van der Waals surface area (Å²) in [5, 5.41) is 15.5. The first-order valence-corrected chi connectivity index (χ1v) is 7.81. The zero-order valence-electron chi connectivity index (χ0n) is 12.6. The van der Waals surface area contributed by atoms with Gasteiger partial charge >= 0.3 is 0 Å². The molecule has 1 heterocycles. The molecule has 2 unspecified atom stereocenters. The van der Waals surface area contributed by atoms with Gasteiger partial charge in [-0.25, -0.2) is 0 Å². The normalized spacial score (nSPS) is 20.1. The van der Waals surface area contributed by atoms with Crippen molar-refractivity contribution in [2.45, 2.75) is 57.7 Å². The number of nitrogens with zero attached hydrogens (tertiary/aromatic N) is 2. The highest BCUT2D eigenvalue weighted by Gasteiger charge is 2.30. The van der Waals surface area contributed by atoms with Crippen LogP contribution in [0.25, 0.3) is 0 Å². The highest BCUT2D eigenvalue weighted by molar-refractivity contribution is 6.31. The third kappa shape index (κ3) is 3.35. The predicted molar refractivity (Wildman–Crippen MR) is 80.0 cm³/mol. The van der Waals surface area contributed by atoms with E-state index in [1.807, 2.05) is 14.0 Å². The Morgan fingerprint density at radius 1 is 1.40 bits per heavy atom. The summed E-state index contributed by atoms with van der Waals surface area (Å²) in [5.74, 6) is 0.455. The highest BCUT2D eigenvalue weighted by atomic mass is 35.5. The van der Waals surface area contributed by atoms with Gasteiger partial charge in [-0.2, -0.15) is 5.10 Å². The van der Waals surface area contributed by atoms with Crippen molar-refractivity contribution in [3.63, 3.8) is 0 Å². The fourth-order valence-corrected chi connectivity index (χ4v) is 3.58. The van der Waals surface area contributed by atoms with Crippen LogP contribution in [0.2, 0.25) is 5.02 Å². The zero-order chi connectivity index (χ0) is 14.7. The molecule has 5 heteroatoms. The van der Waals surface area contributed by atoms with Crippen molar-refractivity contribution in [1.29, 1.82) is 0 Å². The SMILES string of the molecule is COC(C(O)Cc1c(Cl)c(C)nn1C)C1CCCCC1. The first kappa shape index (κ1) is 15.8. The summed E-state index contributed by atoms with van der Waals surface area (Å²) < 4.78 is 7.35. The largest absolute Gasteiger partial charge is 0.390 e. The van der Waals surface area contributed by atoms with E-state index in [0.717, 1.165) is 24.2 Å². The molecule has 0 bridgehead atoms. The molecule has 2 rings (SSSR count). The summed E-state index contributed by atoms with van der Waals surface area (Å²) in [6.07, 6.45) is 5.92. The average Bonchev–Trinajstić information content (AvgIpc) is 2.67. The predicted octanol–water partition coefficient (Wildman–Crippen LogP) is 2.88. The molecule has 20 heavy (non-hydrogen) atoms. The second-order valence-electron chi connectivity index (χ2n) is 5.84. The minimum absolute atomic E-state index is 0.110. The van der Waals surface area contributed by atoms with Crippen molar-refractivity contribution in [2.75, 3.05) is 7.11 Å². The summed E-state index contributed by atoms with van der Waals surface area (Å²) in [5.41, 5.74) is 1.69. The molecule has 4 nitrogen and oxygen atoms in total. The smallest absolute Gasteiger partial charge is 0.0862 e. The third-order valence-corrected chi connectivity index (χ3v) is 4.92. The van der Waals surface area contributed by atoms with Gasteiger partial charge < -0.3 is 9.84 Å². The van der Waals surface area contributed by atoms with E-state index in [1.54, 1.807) is 11.8 Å². The lowest BCUT2D eigenvalue weighted by Gasteiger charge is -2.32. The minimum atomic E-state index is -0.532. The lowest BCUT2D eigenvalue weighted by molar-refractivity contribution is -0.0541. The molecular formula is C15H25ClN2O2. The Balaban J connectivity index is 2.06. The summed E-state index contributed by atoms with van der Waals surface area (Å²) >= 11 is 6.26. The van der Waals surface area contributed by atoms with Crippen LogP contribution in [0.15, 0.2) is 0 Å². The second-order valence-corrected chi connectivity index (χ2v) is 6.22. The topological polar surface area (TPSA) is 47.3 Å². The molecule has 0 spiro atoms. The van der Waals surface area contributed by atoms with Gasteiger partial charge in [-0.05, 0) is 25.7 Å². The molecule has 1 aliphatic rings. The molecule has 1 aromatic heterocycles. The average molecular weight is 301 g/mol. The molecule has 1 aliphatic carbocycles. The van der Waals surface area contributed by atoms with E-state index in [1.165, 1.54) is 19.3 Å². The molecule has 1 fully saturated rings. The van der Waals surface area contributed by atoms with Gasteiger partial charge in [0.1, 0.15) is 0 Å². The summed E-state index contributed by atoms with van der Waals surface area (Å²) in [6.45, 7) is 1.88. The molecule has 1 N–H and O–H groups in total. The standard InChI is InChI=1S/C15H25ClN2O2/c1-10-14(16)12(18(2)17-10)9-13(19)15(20-3)11-7-5-4-6-8-11/h11,13,15,19H,4-9H2,1-3H3. The fourth-order valence-electron chi connectivity index (χ4n) is 3.34. The van der Waals surface area contributed by atoms with Crippen molar-refractivity contribution in [1.82, 2.24) is 9.78 Å². The van der Waals surface area contributed by atoms with Crippen LogP contribution in [0, 0.1) is 12.8 Å². The molecule has 2 atom stereocenters. The van der Waals surface area contributed by atoms with Gasteiger partial charge in [0.05, 0.1) is 28.6 Å². The van der Waals surface area contributed by atoms with Gasteiger partial charge in [0, 0.05) is 20.6 Å². The van der Waals surface area contributed by atoms with Gasteiger partial charge in [-0.15, -0.1) is 0 Å². The van der Waals surface area contributed by atoms with E-state index >= 15 is 0 Å². The lowest BCUT2D eigenvalue weighted by Crippen LogP contribution is -2.38. The van der Waals surface area contributed by atoms with Crippen LogP contribution in [-0.4, -0.2) is 34.2 Å². The maximum Gasteiger partial charge on any atom is 0.0862 e. The van der Waals surface area contributed by atoms with Gasteiger partial charge in [0.25, 0.3) is 0 Å². The van der Waals surface area contributed by atoms with E-state index in [9.17, 15) is 5.11 Å². The molecule has 0 amide bonds. The number of hydrogen-bond donors (Lipinski definition) is 1. The van der Waals surface area contributed by atoms with Crippen LogP contribution >= 0.6 is 11.6 Å². The Labute approximate surface area is 126 Å². The quantitative estimate of drug-likeness (QED) is 0.909. The number of ether oxygens (including phenoxy) is 1. The molecule has 1 aromatic rings. The number of aromatic nitrogens is 2. The highest BCUT2D eigenvalue weighted by Crippen LogP contribution is 2.31. The Kier molecular flexibility index (Phi) is 5.47. The van der Waals surface area contributed by atoms with E-state index in [2.05, 4.69) is 5.10 Å². The molecule has 1 saturated carbocycles. The molecule has 0 radical (unpaired) electrons.